The van der Waals surface area contributed by atoms with Gasteiger partial charge in [-0.1, -0.05) is 63.4 Å². The zero-order valence-corrected chi connectivity index (χ0v) is 34.6. The molecule has 19 heteroatoms. The van der Waals surface area contributed by atoms with E-state index in [0.29, 0.717) is 47.0 Å². The summed E-state index contributed by atoms with van der Waals surface area (Å²) in [5, 5.41) is 22.8. The Bertz CT molecular complexity index is 2500. The van der Waals surface area contributed by atoms with Crippen molar-refractivity contribution in [2.75, 3.05) is 23.1 Å². The molecule has 2 amide bonds. The maximum atomic E-state index is 12.6. The van der Waals surface area contributed by atoms with Gasteiger partial charge >= 0.3 is 11.4 Å². The fourth-order valence-corrected chi connectivity index (χ4v) is 7.14. The second kappa shape index (κ2) is 18.0. The Morgan fingerprint density at radius 3 is 1.63 bits per heavy atom. The number of halogens is 3. The van der Waals surface area contributed by atoms with E-state index >= 15 is 0 Å². The van der Waals surface area contributed by atoms with Crippen molar-refractivity contribution in [1.82, 2.24) is 50.0 Å². The Morgan fingerprint density at radius 1 is 0.649 bits per heavy atom. The van der Waals surface area contributed by atoms with Crippen LogP contribution < -0.4 is 26.8 Å². The van der Waals surface area contributed by atoms with E-state index in [4.69, 9.17) is 23.2 Å². The third kappa shape index (κ3) is 9.27. The van der Waals surface area contributed by atoms with Crippen molar-refractivity contribution in [2.24, 2.45) is 14.1 Å². The summed E-state index contributed by atoms with van der Waals surface area (Å²) < 4.78 is 4.95. The summed E-state index contributed by atoms with van der Waals surface area (Å²) in [6, 6.07) is 26.1. The summed E-state index contributed by atoms with van der Waals surface area (Å²) >= 11 is 15.2. The molecule has 1 N–H and O–H groups in total. The van der Waals surface area contributed by atoms with Gasteiger partial charge in [-0.25, -0.2) is 14.6 Å². The first-order valence-corrected chi connectivity index (χ1v) is 19.6. The van der Waals surface area contributed by atoms with E-state index in [1.807, 2.05) is 84.5 Å². The molecule has 0 saturated carbocycles. The predicted octanol–water partition coefficient (Wildman–Crippen LogP) is 4.83. The highest BCUT2D eigenvalue weighted by atomic mass is 79.9. The van der Waals surface area contributed by atoms with Gasteiger partial charge in [-0.15, -0.1) is 0 Å². The van der Waals surface area contributed by atoms with Gasteiger partial charge in [0, 0.05) is 61.0 Å². The molecule has 16 nitrogen and oxygen atoms in total. The van der Waals surface area contributed by atoms with E-state index in [-0.39, 0.29) is 23.2 Å². The number of hydrogen-bond donors (Lipinski definition) is 1. The van der Waals surface area contributed by atoms with Gasteiger partial charge in [0.1, 0.15) is 0 Å². The summed E-state index contributed by atoms with van der Waals surface area (Å²) in [6.07, 6.45) is 0.984. The van der Waals surface area contributed by atoms with Gasteiger partial charge in [-0.2, -0.15) is 18.7 Å². The van der Waals surface area contributed by atoms with Crippen LogP contribution in [0.25, 0.3) is 11.4 Å². The maximum Gasteiger partial charge on any atom is 0.368 e. The normalized spacial score (nSPS) is 13.6. The molecule has 0 atom stereocenters. The van der Waals surface area contributed by atoms with Crippen molar-refractivity contribution in [3.63, 3.8) is 0 Å². The second-order valence-electron chi connectivity index (χ2n) is 13.1. The van der Waals surface area contributed by atoms with E-state index in [9.17, 15) is 19.2 Å². The lowest BCUT2D eigenvalue weighted by Gasteiger charge is -2.31. The Kier molecular flexibility index (Phi) is 12.9. The minimum atomic E-state index is -0.339. The Morgan fingerprint density at radius 2 is 1.16 bits per heavy atom. The van der Waals surface area contributed by atoms with Crippen LogP contribution in [0.5, 0.6) is 0 Å². The SMILES string of the molecule is Cc1cccc(-n2nnn(C)c2=O)c1CBr.Cc1cccc(-n2nnn(C)c2=O)c1CN1C(=O)CCN1c1ccc(Cl)cc1.O=C1CCN(c2ccc(Cl)cc2)N1. The van der Waals surface area contributed by atoms with Crippen LogP contribution in [-0.2, 0) is 35.6 Å². The number of carbonyl (C=O) groups excluding carboxylic acids is 2. The molecule has 4 heterocycles. The van der Waals surface area contributed by atoms with Gasteiger partial charge in [0.25, 0.3) is 0 Å². The molecule has 2 aliphatic rings. The topological polar surface area (TPSA) is 161 Å². The predicted molar refractivity (Wildman–Crippen MR) is 221 cm³/mol. The van der Waals surface area contributed by atoms with Crippen molar-refractivity contribution in [1.29, 1.82) is 0 Å². The number of nitrogens with zero attached hydrogens (tertiary/aromatic N) is 11. The summed E-state index contributed by atoms with van der Waals surface area (Å²) in [7, 11) is 3.13. The standard InChI is InChI=1S/C19H19ClN6O2.C10H11BrN4O.C9H9ClN2O/c1-13-4-3-5-17(26-19(28)23(2)21-22-26)16(13)12-25-18(27)10-11-24(25)15-8-6-14(20)7-9-15;1-7-4-3-5-9(8(7)6-11)15-10(16)14(2)12-13-15;10-7-1-3-8(4-2-7)12-6-5-9(13)11-12/h3-9H,10-12H2,1-2H3;3-5H,6H2,1-2H3;1-4H,5-6H2,(H,11,13). The zero-order valence-electron chi connectivity index (χ0n) is 31.5. The average Bonchev–Trinajstić information content (AvgIpc) is 3.98. The lowest BCUT2D eigenvalue weighted by molar-refractivity contribution is -0.128. The number of anilines is 2. The largest absolute Gasteiger partial charge is 0.368 e. The number of alkyl halides is 1. The highest BCUT2D eigenvalue weighted by Crippen LogP contribution is 2.28. The number of hydrogen-bond acceptors (Lipinski definition) is 10. The minimum absolute atomic E-state index is 0.0237. The monoisotopic (exact) mass is 876 g/mol. The van der Waals surface area contributed by atoms with Crippen molar-refractivity contribution in [3.05, 3.63) is 138 Å². The Balaban J connectivity index is 0.000000160. The van der Waals surface area contributed by atoms with Gasteiger partial charge < -0.3 is 0 Å². The quantitative estimate of drug-likeness (QED) is 0.220. The highest BCUT2D eigenvalue weighted by molar-refractivity contribution is 9.08. The molecule has 2 saturated heterocycles. The second-order valence-corrected chi connectivity index (χ2v) is 14.5. The first-order chi connectivity index (χ1) is 27.4. The number of amides is 2. The average molecular weight is 879 g/mol. The van der Waals surface area contributed by atoms with Gasteiger partial charge in [-0.05, 0) is 112 Å². The van der Waals surface area contributed by atoms with E-state index in [2.05, 4.69) is 42.2 Å². The van der Waals surface area contributed by atoms with Crippen LogP contribution in [0.4, 0.5) is 11.4 Å². The van der Waals surface area contributed by atoms with E-state index in [1.165, 1.54) is 18.7 Å². The molecule has 2 fully saturated rings. The van der Waals surface area contributed by atoms with Crippen LogP contribution in [0.3, 0.4) is 0 Å². The third-order valence-electron chi connectivity index (χ3n) is 9.31. The molecule has 296 valence electrons. The molecule has 0 unspecified atom stereocenters. The van der Waals surface area contributed by atoms with Crippen LogP contribution in [0.15, 0.2) is 94.5 Å². The number of aryl methyl sites for hydroxylation is 4. The summed E-state index contributed by atoms with van der Waals surface area (Å²) in [5.74, 6) is 0.0885. The minimum Gasteiger partial charge on any atom is -0.285 e. The summed E-state index contributed by atoms with van der Waals surface area (Å²) in [6.45, 7) is 5.59. The summed E-state index contributed by atoms with van der Waals surface area (Å²) in [5.41, 5.74) is 9.38. The molecule has 4 aromatic carbocycles. The first-order valence-electron chi connectivity index (χ1n) is 17.7. The van der Waals surface area contributed by atoms with Crippen molar-refractivity contribution < 1.29 is 9.59 Å². The highest BCUT2D eigenvalue weighted by Gasteiger charge is 2.31. The molecule has 0 aliphatic carbocycles. The molecular weight excluding hydrogens is 839 g/mol. The Labute approximate surface area is 345 Å². The lowest BCUT2D eigenvalue weighted by Crippen LogP contribution is -2.39. The van der Waals surface area contributed by atoms with Crippen molar-refractivity contribution in [3.8, 4) is 11.4 Å². The van der Waals surface area contributed by atoms with Crippen LogP contribution in [0.2, 0.25) is 10.0 Å². The van der Waals surface area contributed by atoms with Crippen LogP contribution in [0.1, 0.15) is 35.1 Å². The molecule has 0 bridgehead atoms. The van der Waals surface area contributed by atoms with Gasteiger partial charge in [-0.3, -0.25) is 25.0 Å². The number of rotatable bonds is 7. The van der Waals surface area contributed by atoms with Crippen molar-refractivity contribution in [2.45, 2.75) is 38.6 Å². The number of benzene rings is 4. The number of hydrazine groups is 2. The molecule has 0 radical (unpaired) electrons. The van der Waals surface area contributed by atoms with E-state index in [0.717, 1.165) is 45.9 Å². The van der Waals surface area contributed by atoms with Crippen LogP contribution in [-0.4, -0.2) is 69.5 Å². The number of aromatic nitrogens is 8. The molecule has 2 aromatic heterocycles. The number of nitrogens with one attached hydrogen (secondary N) is 1. The van der Waals surface area contributed by atoms with E-state index < -0.39 is 0 Å². The van der Waals surface area contributed by atoms with E-state index in [1.54, 1.807) is 43.4 Å². The molecule has 57 heavy (non-hydrogen) atoms. The first kappa shape index (κ1) is 40.9. The molecule has 8 rings (SSSR count). The number of carbonyl (C=O) groups is 2. The van der Waals surface area contributed by atoms with Gasteiger partial charge in [0.05, 0.1) is 29.3 Å². The third-order valence-corrected chi connectivity index (χ3v) is 10.4. The van der Waals surface area contributed by atoms with Gasteiger partial charge in [0.2, 0.25) is 11.8 Å². The fourth-order valence-electron chi connectivity index (χ4n) is 6.16. The molecule has 6 aromatic rings. The zero-order chi connectivity index (χ0) is 40.8. The molecule has 0 spiro atoms. The maximum absolute atomic E-state index is 12.6. The fraction of sp³-hybridized carbons (Fsp3) is 0.263. The number of tetrazole rings is 2. The van der Waals surface area contributed by atoms with Crippen LogP contribution in [0, 0.1) is 13.8 Å². The van der Waals surface area contributed by atoms with Gasteiger partial charge in [0.15, 0.2) is 0 Å². The lowest BCUT2D eigenvalue weighted by atomic mass is 10.1. The smallest absolute Gasteiger partial charge is 0.285 e. The van der Waals surface area contributed by atoms with Crippen LogP contribution >= 0.6 is 39.1 Å². The summed E-state index contributed by atoms with van der Waals surface area (Å²) in [4.78, 5) is 47.6. The van der Waals surface area contributed by atoms with Crippen molar-refractivity contribution >= 4 is 62.3 Å². The Hall–Kier alpha value is -5.78. The molecular formula is C38H39BrCl2N12O4. The molecule has 2 aliphatic heterocycles.